The number of nitrogens with zero attached hydrogens (tertiary/aromatic N) is 2. The van der Waals surface area contributed by atoms with Crippen molar-refractivity contribution < 1.29 is 14.7 Å². The lowest BCUT2D eigenvalue weighted by molar-refractivity contribution is 0.0685. The van der Waals surface area contributed by atoms with Gasteiger partial charge in [0.2, 0.25) is 0 Å². The number of pyridine rings is 1. The maximum atomic E-state index is 13.2. The van der Waals surface area contributed by atoms with Crippen molar-refractivity contribution >= 4 is 17.5 Å². The molecule has 0 atom stereocenters. The number of hydrogen-bond acceptors (Lipinski definition) is 5. The van der Waals surface area contributed by atoms with Gasteiger partial charge in [-0.3, -0.25) is 14.6 Å². The van der Waals surface area contributed by atoms with Crippen LogP contribution in [-0.4, -0.2) is 46.5 Å². The molecule has 0 saturated carbocycles. The quantitative estimate of drug-likeness (QED) is 0.338. The Kier molecular flexibility index (Phi) is 9.27. The van der Waals surface area contributed by atoms with Crippen molar-refractivity contribution in [1.82, 2.24) is 9.88 Å². The summed E-state index contributed by atoms with van der Waals surface area (Å²) in [5, 5.41) is 12.3. The third-order valence-corrected chi connectivity index (χ3v) is 7.03. The van der Waals surface area contributed by atoms with Crippen LogP contribution >= 0.6 is 0 Å². The monoisotopic (exact) mass is 500 g/mol. The average Bonchev–Trinajstić information content (AvgIpc) is 2.93. The van der Waals surface area contributed by atoms with E-state index in [9.17, 15) is 9.59 Å². The van der Waals surface area contributed by atoms with Crippen molar-refractivity contribution in [2.45, 2.75) is 45.1 Å². The smallest absolute Gasteiger partial charge is 0.253 e. The van der Waals surface area contributed by atoms with E-state index in [-0.39, 0.29) is 12.5 Å². The van der Waals surface area contributed by atoms with Gasteiger partial charge in [-0.15, -0.1) is 0 Å². The molecule has 2 aromatic carbocycles. The number of aliphatic hydroxyl groups excluding tert-OH is 1. The van der Waals surface area contributed by atoms with E-state index in [1.165, 1.54) is 6.20 Å². The SMILES string of the molecule is NC(=O)c1cnc(Cc2cccc(C(=O)N3CCC(CCCCO)CC3)c2)cc1NCc1ccccc1. The Labute approximate surface area is 218 Å². The molecule has 1 fully saturated rings. The molecule has 4 N–H and O–H groups in total. The zero-order valence-electron chi connectivity index (χ0n) is 21.2. The van der Waals surface area contributed by atoms with Gasteiger partial charge in [0.05, 0.1) is 11.3 Å². The highest BCUT2D eigenvalue weighted by atomic mass is 16.3. The van der Waals surface area contributed by atoms with E-state index in [0.29, 0.717) is 35.7 Å². The number of amides is 2. The van der Waals surface area contributed by atoms with Crippen LogP contribution in [0.5, 0.6) is 0 Å². The van der Waals surface area contributed by atoms with Crippen molar-refractivity contribution in [3.8, 4) is 0 Å². The van der Waals surface area contributed by atoms with E-state index < -0.39 is 5.91 Å². The number of nitrogens with two attached hydrogens (primary N) is 1. The number of anilines is 1. The second-order valence-electron chi connectivity index (χ2n) is 9.76. The number of benzene rings is 2. The van der Waals surface area contributed by atoms with E-state index in [1.807, 2.05) is 65.6 Å². The van der Waals surface area contributed by atoms with E-state index in [4.69, 9.17) is 10.8 Å². The third-order valence-electron chi connectivity index (χ3n) is 7.03. The molecular weight excluding hydrogens is 464 g/mol. The van der Waals surface area contributed by atoms with Crippen molar-refractivity contribution in [2.75, 3.05) is 25.0 Å². The number of likely N-dealkylation sites (tertiary alicyclic amines) is 1. The van der Waals surface area contributed by atoms with Crippen LogP contribution in [0.1, 0.15) is 69.6 Å². The minimum Gasteiger partial charge on any atom is -0.396 e. The number of unbranched alkanes of at least 4 members (excludes halogenated alkanes) is 1. The highest BCUT2D eigenvalue weighted by molar-refractivity contribution is 5.98. The third kappa shape index (κ3) is 7.40. The summed E-state index contributed by atoms with van der Waals surface area (Å²) in [7, 11) is 0. The molecule has 37 heavy (non-hydrogen) atoms. The summed E-state index contributed by atoms with van der Waals surface area (Å²) in [6.07, 6.45) is 7.13. The number of nitrogens with one attached hydrogen (secondary N) is 1. The lowest BCUT2D eigenvalue weighted by Crippen LogP contribution is -2.38. The number of carbonyl (C=O) groups excluding carboxylic acids is 2. The molecule has 1 aliphatic rings. The van der Waals surface area contributed by atoms with E-state index in [1.54, 1.807) is 0 Å². The Morgan fingerprint density at radius 2 is 1.76 bits per heavy atom. The Morgan fingerprint density at radius 1 is 1.00 bits per heavy atom. The zero-order valence-corrected chi connectivity index (χ0v) is 21.2. The number of hydrogen-bond donors (Lipinski definition) is 3. The Bertz CT molecular complexity index is 1190. The van der Waals surface area contributed by atoms with Crippen LogP contribution in [0.2, 0.25) is 0 Å². The molecule has 2 heterocycles. The highest BCUT2D eigenvalue weighted by Gasteiger charge is 2.23. The molecule has 0 bridgehead atoms. The standard InChI is InChI=1S/C30H36N4O3/c31-29(36)27-21-32-26(19-28(27)33-20-23-8-2-1-3-9-23)18-24-10-6-11-25(17-24)30(37)34-14-12-22(13-15-34)7-4-5-16-35/h1-3,6,8-11,17,19,21-22,35H,4-5,7,12-16,18,20H2,(H2,31,36)(H,32,33). The summed E-state index contributed by atoms with van der Waals surface area (Å²) < 4.78 is 0. The van der Waals surface area contributed by atoms with Gasteiger partial charge in [0.1, 0.15) is 0 Å². The lowest BCUT2D eigenvalue weighted by Gasteiger charge is -2.32. The first-order chi connectivity index (χ1) is 18.0. The van der Waals surface area contributed by atoms with Gasteiger partial charge in [-0.25, -0.2) is 0 Å². The van der Waals surface area contributed by atoms with Gasteiger partial charge in [0, 0.05) is 50.1 Å². The van der Waals surface area contributed by atoms with Gasteiger partial charge in [-0.05, 0) is 54.5 Å². The van der Waals surface area contributed by atoms with Crippen LogP contribution in [-0.2, 0) is 13.0 Å². The van der Waals surface area contributed by atoms with Crippen LogP contribution in [0.3, 0.4) is 0 Å². The number of aliphatic hydroxyl groups is 1. The molecule has 2 amide bonds. The fourth-order valence-electron chi connectivity index (χ4n) is 4.91. The molecule has 0 unspecified atom stereocenters. The second-order valence-corrected chi connectivity index (χ2v) is 9.76. The Morgan fingerprint density at radius 3 is 2.49 bits per heavy atom. The second kappa shape index (κ2) is 13.0. The maximum Gasteiger partial charge on any atom is 0.253 e. The molecular formula is C30H36N4O3. The summed E-state index contributed by atoms with van der Waals surface area (Å²) in [4.78, 5) is 31.5. The first-order valence-electron chi connectivity index (χ1n) is 13.1. The number of rotatable bonds is 11. The van der Waals surface area contributed by atoms with E-state index in [2.05, 4.69) is 10.3 Å². The van der Waals surface area contributed by atoms with Gasteiger partial charge in [0.25, 0.3) is 11.8 Å². The van der Waals surface area contributed by atoms with Crippen LogP contribution < -0.4 is 11.1 Å². The summed E-state index contributed by atoms with van der Waals surface area (Å²) in [6, 6.07) is 19.5. The molecule has 3 aromatic rings. The summed E-state index contributed by atoms with van der Waals surface area (Å²) >= 11 is 0. The largest absolute Gasteiger partial charge is 0.396 e. The fourth-order valence-corrected chi connectivity index (χ4v) is 4.91. The van der Waals surface area contributed by atoms with Gasteiger partial charge < -0.3 is 21.1 Å². The first-order valence-corrected chi connectivity index (χ1v) is 13.1. The maximum absolute atomic E-state index is 13.2. The van der Waals surface area contributed by atoms with E-state index in [0.717, 1.165) is 62.0 Å². The molecule has 1 saturated heterocycles. The summed E-state index contributed by atoms with van der Waals surface area (Å²) in [5.74, 6) is 0.179. The predicted molar refractivity (Wildman–Crippen MR) is 145 cm³/mol. The van der Waals surface area contributed by atoms with Gasteiger partial charge in [0.15, 0.2) is 0 Å². The zero-order chi connectivity index (χ0) is 26.0. The topological polar surface area (TPSA) is 109 Å². The van der Waals surface area contributed by atoms with Crippen LogP contribution in [0, 0.1) is 5.92 Å². The molecule has 194 valence electrons. The van der Waals surface area contributed by atoms with Crippen molar-refractivity contribution in [2.24, 2.45) is 11.7 Å². The highest BCUT2D eigenvalue weighted by Crippen LogP contribution is 2.24. The molecule has 0 radical (unpaired) electrons. The lowest BCUT2D eigenvalue weighted by atomic mass is 9.91. The van der Waals surface area contributed by atoms with Crippen molar-refractivity contribution in [3.63, 3.8) is 0 Å². The molecule has 1 aromatic heterocycles. The molecule has 7 nitrogen and oxygen atoms in total. The first kappa shape index (κ1) is 26.4. The normalized spacial score (nSPS) is 13.9. The van der Waals surface area contributed by atoms with Crippen molar-refractivity contribution in [3.05, 3.63) is 94.8 Å². The minimum absolute atomic E-state index is 0.0675. The number of piperidine rings is 1. The van der Waals surface area contributed by atoms with Crippen molar-refractivity contribution in [1.29, 1.82) is 0 Å². The predicted octanol–water partition coefficient (Wildman–Crippen LogP) is 4.40. The number of aromatic nitrogens is 1. The van der Waals surface area contributed by atoms with Crippen LogP contribution in [0.4, 0.5) is 5.69 Å². The Balaban J connectivity index is 1.40. The molecule has 1 aliphatic heterocycles. The summed E-state index contributed by atoms with van der Waals surface area (Å²) in [6.45, 7) is 2.37. The van der Waals surface area contributed by atoms with Gasteiger partial charge >= 0.3 is 0 Å². The number of carbonyl (C=O) groups is 2. The molecule has 4 rings (SSSR count). The average molecular weight is 501 g/mol. The van der Waals surface area contributed by atoms with Crippen LogP contribution in [0.25, 0.3) is 0 Å². The minimum atomic E-state index is -0.528. The van der Waals surface area contributed by atoms with E-state index >= 15 is 0 Å². The van der Waals surface area contributed by atoms with Gasteiger partial charge in [-0.2, -0.15) is 0 Å². The van der Waals surface area contributed by atoms with Gasteiger partial charge in [-0.1, -0.05) is 55.3 Å². The molecule has 0 aliphatic carbocycles. The summed E-state index contributed by atoms with van der Waals surface area (Å²) in [5.41, 5.74) is 10.1. The fraction of sp³-hybridized carbons (Fsp3) is 0.367. The molecule has 0 spiro atoms. The van der Waals surface area contributed by atoms with Crippen LogP contribution in [0.15, 0.2) is 66.9 Å². The molecule has 7 heteroatoms. The Hall–Kier alpha value is -3.71. The number of primary amides is 1.